The maximum atomic E-state index is 12.7. The molecular weight excluding hydrogens is 149 g/mol. The highest BCUT2D eigenvalue weighted by Gasteiger charge is 2.44. The van der Waals surface area contributed by atoms with Gasteiger partial charge in [-0.05, 0) is 0 Å². The molecule has 54 valence electrons. The van der Waals surface area contributed by atoms with E-state index in [1.807, 2.05) is 0 Å². The first-order chi connectivity index (χ1) is 4.19. The van der Waals surface area contributed by atoms with Gasteiger partial charge in [-0.25, -0.2) is 13.2 Å². The maximum absolute atomic E-state index is 12.7. The smallest absolute Gasteiger partial charge is 0.179 e. The third-order valence-corrected chi connectivity index (χ3v) is 2.60. The van der Waals surface area contributed by atoms with Gasteiger partial charge in [-0.15, -0.1) is 0 Å². The minimum atomic E-state index is -2.18. The van der Waals surface area contributed by atoms with Crippen molar-refractivity contribution in [1.29, 1.82) is 0 Å². The SMILES string of the molecule is FCC1(F)CSCC1F. The van der Waals surface area contributed by atoms with E-state index >= 15 is 0 Å². The zero-order valence-electron chi connectivity index (χ0n) is 4.74. The summed E-state index contributed by atoms with van der Waals surface area (Å²) in [5, 5.41) is 0. The van der Waals surface area contributed by atoms with Crippen molar-refractivity contribution < 1.29 is 13.2 Å². The Bertz CT molecular complexity index is 108. The van der Waals surface area contributed by atoms with E-state index in [0.717, 1.165) is 11.8 Å². The summed E-state index contributed by atoms with van der Waals surface area (Å²) in [6, 6.07) is 0. The third kappa shape index (κ3) is 1.18. The van der Waals surface area contributed by atoms with Crippen LogP contribution in [-0.2, 0) is 0 Å². The van der Waals surface area contributed by atoms with Crippen LogP contribution in [0, 0.1) is 0 Å². The van der Waals surface area contributed by atoms with E-state index in [4.69, 9.17) is 0 Å². The average molecular weight is 156 g/mol. The Morgan fingerprint density at radius 2 is 2.33 bits per heavy atom. The molecule has 0 aromatic heterocycles. The van der Waals surface area contributed by atoms with Gasteiger partial charge in [0.25, 0.3) is 0 Å². The molecule has 0 aromatic rings. The van der Waals surface area contributed by atoms with Crippen LogP contribution in [0.5, 0.6) is 0 Å². The van der Waals surface area contributed by atoms with E-state index in [0.29, 0.717) is 0 Å². The second kappa shape index (κ2) is 2.40. The van der Waals surface area contributed by atoms with E-state index in [-0.39, 0.29) is 11.5 Å². The van der Waals surface area contributed by atoms with Gasteiger partial charge in [0, 0.05) is 11.5 Å². The number of halogens is 3. The van der Waals surface area contributed by atoms with Crippen molar-refractivity contribution in [2.45, 2.75) is 11.8 Å². The lowest BCUT2D eigenvalue weighted by atomic mass is 10.1. The minimum absolute atomic E-state index is 0.0370. The van der Waals surface area contributed by atoms with Crippen molar-refractivity contribution in [3.05, 3.63) is 0 Å². The van der Waals surface area contributed by atoms with Gasteiger partial charge in [0.15, 0.2) is 5.67 Å². The number of hydrogen-bond acceptors (Lipinski definition) is 1. The number of rotatable bonds is 1. The van der Waals surface area contributed by atoms with Gasteiger partial charge in [0.2, 0.25) is 0 Å². The maximum Gasteiger partial charge on any atom is 0.179 e. The first-order valence-corrected chi connectivity index (χ1v) is 3.81. The van der Waals surface area contributed by atoms with Gasteiger partial charge in [-0.1, -0.05) is 0 Å². The molecule has 4 heteroatoms. The van der Waals surface area contributed by atoms with Crippen LogP contribution < -0.4 is 0 Å². The molecule has 0 N–H and O–H groups in total. The Balaban J connectivity index is 2.56. The molecule has 0 nitrogen and oxygen atoms in total. The molecule has 1 saturated heterocycles. The topological polar surface area (TPSA) is 0 Å². The van der Waals surface area contributed by atoms with E-state index in [9.17, 15) is 13.2 Å². The van der Waals surface area contributed by atoms with Crippen molar-refractivity contribution in [2.24, 2.45) is 0 Å². The molecule has 2 unspecified atom stereocenters. The van der Waals surface area contributed by atoms with Gasteiger partial charge in [-0.2, -0.15) is 11.8 Å². The Hall–Kier alpha value is 0.140. The summed E-state index contributed by atoms with van der Waals surface area (Å²) in [5.74, 6) is 0.0606. The second-order valence-electron chi connectivity index (χ2n) is 2.15. The summed E-state index contributed by atoms with van der Waals surface area (Å²) in [5.41, 5.74) is -2.18. The summed E-state index contributed by atoms with van der Waals surface area (Å²) in [6.45, 7) is -1.19. The van der Waals surface area contributed by atoms with Gasteiger partial charge >= 0.3 is 0 Å². The second-order valence-corrected chi connectivity index (χ2v) is 3.18. The highest BCUT2D eigenvalue weighted by atomic mass is 32.2. The highest BCUT2D eigenvalue weighted by molar-refractivity contribution is 7.99. The zero-order valence-corrected chi connectivity index (χ0v) is 5.56. The van der Waals surface area contributed by atoms with Gasteiger partial charge in [0.05, 0.1) is 0 Å². The van der Waals surface area contributed by atoms with Crippen molar-refractivity contribution in [3.8, 4) is 0 Å². The molecule has 1 aliphatic heterocycles. The lowest BCUT2D eigenvalue weighted by Crippen LogP contribution is -2.35. The third-order valence-electron chi connectivity index (χ3n) is 1.39. The predicted molar refractivity (Wildman–Crippen MR) is 32.0 cm³/mol. The molecule has 0 radical (unpaired) electrons. The largest absolute Gasteiger partial charge is 0.247 e. The Labute approximate surface area is 55.8 Å². The van der Waals surface area contributed by atoms with E-state index in [2.05, 4.69) is 0 Å². The molecule has 9 heavy (non-hydrogen) atoms. The van der Waals surface area contributed by atoms with Crippen molar-refractivity contribution in [3.63, 3.8) is 0 Å². The van der Waals surface area contributed by atoms with Crippen LogP contribution >= 0.6 is 11.8 Å². The Morgan fingerprint density at radius 3 is 2.56 bits per heavy atom. The summed E-state index contributed by atoms with van der Waals surface area (Å²) < 4.78 is 36.7. The molecule has 0 spiro atoms. The lowest BCUT2D eigenvalue weighted by Gasteiger charge is -2.15. The molecule has 1 heterocycles. The fourth-order valence-corrected chi connectivity index (χ4v) is 1.91. The van der Waals surface area contributed by atoms with Crippen LogP contribution in [0.4, 0.5) is 13.2 Å². The summed E-state index contributed by atoms with van der Waals surface area (Å²) in [4.78, 5) is 0. The molecule has 0 aliphatic carbocycles. The zero-order chi connectivity index (χ0) is 6.91. The molecule has 1 fully saturated rings. The van der Waals surface area contributed by atoms with Crippen molar-refractivity contribution in [2.75, 3.05) is 18.2 Å². The molecule has 0 amide bonds. The Kier molecular flexibility index (Phi) is 1.94. The molecule has 2 atom stereocenters. The summed E-state index contributed by atoms with van der Waals surface area (Å²) in [6.07, 6.45) is -1.60. The van der Waals surface area contributed by atoms with Gasteiger partial charge < -0.3 is 0 Å². The fourth-order valence-electron chi connectivity index (χ4n) is 0.694. The van der Waals surface area contributed by atoms with Crippen LogP contribution in [-0.4, -0.2) is 30.0 Å². The summed E-state index contributed by atoms with van der Waals surface area (Å²) >= 11 is 1.12. The lowest BCUT2D eigenvalue weighted by molar-refractivity contribution is 0.0677. The fraction of sp³-hybridized carbons (Fsp3) is 1.00. The van der Waals surface area contributed by atoms with Gasteiger partial charge in [-0.3, -0.25) is 0 Å². The Morgan fingerprint density at radius 1 is 1.67 bits per heavy atom. The van der Waals surface area contributed by atoms with E-state index in [1.54, 1.807) is 0 Å². The number of hydrogen-bond donors (Lipinski definition) is 0. The van der Waals surface area contributed by atoms with Crippen LogP contribution in [0.2, 0.25) is 0 Å². The van der Waals surface area contributed by atoms with Crippen LogP contribution in [0.25, 0.3) is 0 Å². The van der Waals surface area contributed by atoms with Crippen LogP contribution in [0.3, 0.4) is 0 Å². The summed E-state index contributed by atoms with van der Waals surface area (Å²) in [7, 11) is 0. The molecule has 1 aliphatic rings. The quantitative estimate of drug-likeness (QED) is 0.557. The molecule has 1 rings (SSSR count). The number of alkyl halides is 3. The van der Waals surface area contributed by atoms with Crippen LogP contribution in [0.15, 0.2) is 0 Å². The van der Waals surface area contributed by atoms with E-state index < -0.39 is 18.5 Å². The van der Waals surface area contributed by atoms with Gasteiger partial charge in [0.1, 0.15) is 12.8 Å². The van der Waals surface area contributed by atoms with Crippen molar-refractivity contribution >= 4 is 11.8 Å². The molecule has 0 aromatic carbocycles. The van der Waals surface area contributed by atoms with Crippen LogP contribution in [0.1, 0.15) is 0 Å². The standard InChI is InChI=1S/C5H7F3S/c6-2-5(8)3-9-1-4(5)7/h4H,1-3H2. The molecular formula is C5H7F3S. The monoisotopic (exact) mass is 156 g/mol. The minimum Gasteiger partial charge on any atom is -0.247 e. The first kappa shape index (κ1) is 7.25. The molecule has 0 saturated carbocycles. The average Bonchev–Trinajstić information content (AvgIpc) is 2.15. The molecule has 0 bridgehead atoms. The highest BCUT2D eigenvalue weighted by Crippen LogP contribution is 2.34. The normalized spacial score (nSPS) is 43.7. The number of thioether (sulfide) groups is 1. The van der Waals surface area contributed by atoms with E-state index in [1.165, 1.54) is 0 Å². The first-order valence-electron chi connectivity index (χ1n) is 2.66. The van der Waals surface area contributed by atoms with Crippen molar-refractivity contribution in [1.82, 2.24) is 0 Å². The predicted octanol–water partition coefficient (Wildman–Crippen LogP) is 1.75.